The molecule has 0 saturated carbocycles. The van der Waals surface area contributed by atoms with Crippen molar-refractivity contribution in [3.05, 3.63) is 141 Å². The Bertz CT molecular complexity index is 1800. The molecule has 1 N–H and O–H groups in total. The smallest absolute Gasteiger partial charge is 0.339 e. The van der Waals surface area contributed by atoms with Crippen molar-refractivity contribution in [1.82, 2.24) is 9.55 Å². The van der Waals surface area contributed by atoms with Crippen molar-refractivity contribution in [3.8, 4) is 12.3 Å². The van der Waals surface area contributed by atoms with Gasteiger partial charge in [0.2, 0.25) is 11.7 Å². The Balaban J connectivity index is 1.63. The first-order chi connectivity index (χ1) is 21.3. The van der Waals surface area contributed by atoms with E-state index in [1.54, 1.807) is 54.6 Å². The molecule has 1 fully saturated rings. The van der Waals surface area contributed by atoms with Gasteiger partial charge in [0.05, 0.1) is 16.7 Å². The summed E-state index contributed by atoms with van der Waals surface area (Å²) in [7, 11) is 0. The first-order valence-electron chi connectivity index (χ1n) is 13.5. The Morgan fingerprint density at radius 1 is 0.860 bits per heavy atom. The SMILES string of the molecule is [2H]C#C[C@@]1(OC(=O)c2ccccc2)[C@@H](COC(=O)c2ccccc2)OC(n2c(=O)cc[nH]c2=O)[C@@H]1OC(=O)c1ccccc1. The number of ether oxygens (including phenoxy) is 4. The monoisotopic (exact) mass is 581 g/mol. The molecule has 4 atom stereocenters. The van der Waals surface area contributed by atoms with Gasteiger partial charge in [0.1, 0.15) is 14.1 Å². The largest absolute Gasteiger partial charge is 0.459 e. The molecule has 2 heterocycles. The number of H-pyrrole nitrogens is 1. The molecule has 1 unspecified atom stereocenters. The second-order valence-corrected chi connectivity index (χ2v) is 9.34. The van der Waals surface area contributed by atoms with E-state index in [0.29, 0.717) is 4.57 Å². The van der Waals surface area contributed by atoms with Crippen molar-refractivity contribution in [2.24, 2.45) is 0 Å². The van der Waals surface area contributed by atoms with E-state index in [0.717, 1.165) is 12.3 Å². The molecule has 216 valence electrons. The molecule has 1 saturated heterocycles. The summed E-state index contributed by atoms with van der Waals surface area (Å²) in [6.07, 6.45) is -2.03. The zero-order chi connectivity index (χ0) is 31.1. The number of esters is 3. The Morgan fingerprint density at radius 2 is 1.42 bits per heavy atom. The van der Waals surface area contributed by atoms with Crippen LogP contribution in [0.1, 0.15) is 38.7 Å². The number of rotatable bonds is 8. The van der Waals surface area contributed by atoms with Crippen LogP contribution in [0.15, 0.2) is 113 Å². The lowest BCUT2D eigenvalue weighted by Gasteiger charge is -2.33. The van der Waals surface area contributed by atoms with E-state index in [9.17, 15) is 24.0 Å². The second kappa shape index (κ2) is 12.4. The molecule has 0 bridgehead atoms. The van der Waals surface area contributed by atoms with Crippen LogP contribution in [0.25, 0.3) is 0 Å². The van der Waals surface area contributed by atoms with Crippen LogP contribution in [0.5, 0.6) is 0 Å². The van der Waals surface area contributed by atoms with E-state index in [1.807, 2.05) is 6.40 Å². The summed E-state index contributed by atoms with van der Waals surface area (Å²) < 4.78 is 31.7. The summed E-state index contributed by atoms with van der Waals surface area (Å²) >= 11 is 0. The standard InChI is InChI=1S/C32H24N2O9/c1-2-32(43-30(38)23-16-10-5-11-17-23)24(20-40-28(36)21-12-6-3-7-13-21)41-27(34-25(35)18-19-33-31(34)39)26(32)42-29(37)22-14-8-4-9-15-22/h1,3-19,24,26-27H,20H2,(H,33,39)/t24-,26+,27?,32-/m1/s1/i1D. The molecule has 5 rings (SSSR count). The molecule has 11 nitrogen and oxygen atoms in total. The van der Waals surface area contributed by atoms with Crippen LogP contribution in [0.3, 0.4) is 0 Å². The highest BCUT2D eigenvalue weighted by atomic mass is 16.7. The number of aromatic nitrogens is 2. The van der Waals surface area contributed by atoms with E-state index < -0.39 is 59.8 Å². The van der Waals surface area contributed by atoms with Crippen LogP contribution >= 0.6 is 0 Å². The predicted molar refractivity (Wildman–Crippen MR) is 151 cm³/mol. The summed E-state index contributed by atoms with van der Waals surface area (Å²) in [6.45, 7) is -0.639. The number of carbonyl (C=O) groups excluding carboxylic acids is 3. The molecule has 0 aliphatic carbocycles. The maximum atomic E-state index is 13.5. The number of benzene rings is 3. The Labute approximate surface area is 246 Å². The molecule has 0 radical (unpaired) electrons. The molecule has 0 amide bonds. The van der Waals surface area contributed by atoms with Crippen LogP contribution in [-0.4, -0.2) is 51.9 Å². The molecule has 1 aromatic heterocycles. The second-order valence-electron chi connectivity index (χ2n) is 9.34. The minimum Gasteiger partial charge on any atom is -0.459 e. The van der Waals surface area contributed by atoms with Gasteiger partial charge in [0, 0.05) is 12.3 Å². The first kappa shape index (κ1) is 27.4. The van der Waals surface area contributed by atoms with E-state index in [2.05, 4.69) is 10.9 Å². The fraction of sp³-hybridized carbons (Fsp3) is 0.156. The van der Waals surface area contributed by atoms with E-state index in [1.165, 1.54) is 36.4 Å². The zero-order valence-corrected chi connectivity index (χ0v) is 22.4. The number of nitrogens with one attached hydrogen (secondary N) is 1. The quantitative estimate of drug-likeness (QED) is 0.189. The van der Waals surface area contributed by atoms with Crippen molar-refractivity contribution in [1.29, 1.82) is 0 Å². The number of hydrogen-bond acceptors (Lipinski definition) is 9. The third kappa shape index (κ3) is 5.86. The van der Waals surface area contributed by atoms with Crippen molar-refractivity contribution < 1.29 is 34.7 Å². The predicted octanol–water partition coefficient (Wildman–Crippen LogP) is 2.75. The average molecular weight is 582 g/mol. The van der Waals surface area contributed by atoms with Crippen LogP contribution in [0, 0.1) is 12.3 Å². The molecular weight excluding hydrogens is 556 g/mol. The molecule has 3 aromatic carbocycles. The third-order valence-corrected chi connectivity index (χ3v) is 6.69. The summed E-state index contributed by atoms with van der Waals surface area (Å²) in [5.41, 5.74) is -3.77. The fourth-order valence-corrected chi connectivity index (χ4v) is 4.57. The summed E-state index contributed by atoms with van der Waals surface area (Å²) in [4.78, 5) is 67.9. The lowest BCUT2D eigenvalue weighted by Crippen LogP contribution is -2.54. The Kier molecular flexibility index (Phi) is 7.93. The fourth-order valence-electron chi connectivity index (χ4n) is 4.57. The van der Waals surface area contributed by atoms with Crippen LogP contribution < -0.4 is 11.2 Å². The Hall–Kier alpha value is -5.73. The number of carbonyl (C=O) groups is 3. The summed E-state index contributed by atoms with van der Waals surface area (Å²) in [6, 6.07) is 24.6. The van der Waals surface area contributed by atoms with E-state index in [4.69, 9.17) is 20.3 Å². The molecule has 11 heteroatoms. The van der Waals surface area contributed by atoms with Gasteiger partial charge in [-0.05, 0) is 36.4 Å². The molecule has 1 aliphatic rings. The number of nitrogens with zero attached hydrogens (tertiary/aromatic N) is 1. The van der Waals surface area contributed by atoms with Gasteiger partial charge in [-0.15, -0.1) is 6.40 Å². The normalized spacial score (nSPS) is 21.0. The van der Waals surface area contributed by atoms with Gasteiger partial charge >= 0.3 is 23.6 Å². The molecule has 0 spiro atoms. The zero-order valence-electron chi connectivity index (χ0n) is 23.4. The van der Waals surface area contributed by atoms with Gasteiger partial charge in [0.15, 0.2) is 6.23 Å². The van der Waals surface area contributed by atoms with Gasteiger partial charge < -0.3 is 23.9 Å². The summed E-state index contributed by atoms with van der Waals surface area (Å²) in [5, 5.41) is 0. The molecule has 43 heavy (non-hydrogen) atoms. The van der Waals surface area contributed by atoms with Crippen molar-refractivity contribution in [3.63, 3.8) is 0 Å². The van der Waals surface area contributed by atoms with Crippen molar-refractivity contribution in [2.75, 3.05) is 6.61 Å². The molecule has 1 aliphatic heterocycles. The van der Waals surface area contributed by atoms with Gasteiger partial charge in [-0.25, -0.2) is 23.7 Å². The van der Waals surface area contributed by atoms with Crippen LogP contribution in [-0.2, 0) is 18.9 Å². The number of hydrogen-bond donors (Lipinski definition) is 1. The van der Waals surface area contributed by atoms with Gasteiger partial charge in [0.25, 0.3) is 5.56 Å². The van der Waals surface area contributed by atoms with Crippen molar-refractivity contribution >= 4 is 17.9 Å². The maximum absolute atomic E-state index is 13.5. The summed E-state index contributed by atoms with van der Waals surface area (Å²) in [5.74, 6) is -0.184. The highest BCUT2D eigenvalue weighted by Crippen LogP contribution is 2.42. The van der Waals surface area contributed by atoms with Crippen LogP contribution in [0.4, 0.5) is 0 Å². The molecule has 4 aromatic rings. The highest BCUT2D eigenvalue weighted by molar-refractivity contribution is 5.91. The highest BCUT2D eigenvalue weighted by Gasteiger charge is 2.63. The average Bonchev–Trinajstić information content (AvgIpc) is 3.32. The van der Waals surface area contributed by atoms with E-state index >= 15 is 0 Å². The number of aromatic amines is 1. The lowest BCUT2D eigenvalue weighted by atomic mass is 9.92. The van der Waals surface area contributed by atoms with Crippen LogP contribution in [0.2, 0.25) is 0 Å². The topological polar surface area (TPSA) is 143 Å². The third-order valence-electron chi connectivity index (χ3n) is 6.69. The van der Waals surface area contributed by atoms with Gasteiger partial charge in [-0.1, -0.05) is 60.5 Å². The van der Waals surface area contributed by atoms with E-state index in [-0.39, 0.29) is 16.7 Å². The maximum Gasteiger partial charge on any atom is 0.339 e. The Morgan fingerprint density at radius 3 is 1.98 bits per heavy atom. The molecular formula is C32H24N2O9. The van der Waals surface area contributed by atoms with Crippen molar-refractivity contribution in [2.45, 2.75) is 24.0 Å². The van der Waals surface area contributed by atoms with Gasteiger partial charge in [-0.3, -0.25) is 4.79 Å². The lowest BCUT2D eigenvalue weighted by molar-refractivity contribution is -0.0784. The van der Waals surface area contributed by atoms with Gasteiger partial charge in [-0.2, -0.15) is 0 Å². The minimum absolute atomic E-state index is 0.0741. The first-order valence-corrected chi connectivity index (χ1v) is 13.0. The minimum atomic E-state index is -2.34. The number of terminal acetylenes is 1.